The summed E-state index contributed by atoms with van der Waals surface area (Å²) in [6, 6.07) is 11.6. The van der Waals surface area contributed by atoms with Crippen LogP contribution < -0.4 is 5.48 Å². The first-order valence-electron chi connectivity index (χ1n) is 11.9. The largest absolute Gasteiger partial charge is 0.378 e. The smallest absolute Gasteiger partial charge is 0.258 e. The van der Waals surface area contributed by atoms with Gasteiger partial charge in [0.25, 0.3) is 5.91 Å². The van der Waals surface area contributed by atoms with Gasteiger partial charge >= 0.3 is 0 Å². The van der Waals surface area contributed by atoms with Crippen LogP contribution in [0.2, 0.25) is 0 Å². The molecule has 0 radical (unpaired) electrons. The molecule has 1 saturated heterocycles. The number of nitrogens with one attached hydrogen (secondary N) is 1. The number of aromatic nitrogens is 1. The van der Waals surface area contributed by atoms with Gasteiger partial charge in [-0.3, -0.25) is 19.8 Å². The number of amides is 2. The van der Waals surface area contributed by atoms with E-state index in [4.69, 9.17) is 9.94 Å². The van der Waals surface area contributed by atoms with E-state index in [1.54, 1.807) is 22.6 Å². The molecule has 10 nitrogen and oxygen atoms in total. The van der Waals surface area contributed by atoms with E-state index in [0.29, 0.717) is 31.2 Å². The molecule has 2 aromatic rings. The molecule has 0 saturated carbocycles. The molecule has 1 aliphatic heterocycles. The van der Waals surface area contributed by atoms with Crippen molar-refractivity contribution in [3.63, 3.8) is 0 Å². The van der Waals surface area contributed by atoms with Gasteiger partial charge in [0.2, 0.25) is 6.41 Å². The summed E-state index contributed by atoms with van der Waals surface area (Å²) in [5.74, 6) is -0.610. The molecule has 2 heterocycles. The third kappa shape index (κ3) is 11.4. The van der Waals surface area contributed by atoms with Gasteiger partial charge in [-0.25, -0.2) is 14.0 Å². The Kier molecular flexibility index (Phi) is 15.4. The molecule has 1 aromatic carbocycles. The number of hydrogen-bond acceptors (Lipinski definition) is 7. The fourth-order valence-electron chi connectivity index (χ4n) is 3.02. The Bertz CT molecular complexity index is 937. The Morgan fingerprint density at radius 2 is 1.89 bits per heavy atom. The number of carbonyl (C=O) groups is 2. The van der Waals surface area contributed by atoms with Crippen LogP contribution >= 0.6 is 0 Å². The van der Waals surface area contributed by atoms with Gasteiger partial charge in [-0.15, -0.1) is 0 Å². The van der Waals surface area contributed by atoms with Crippen molar-refractivity contribution in [1.29, 1.82) is 0 Å². The van der Waals surface area contributed by atoms with Gasteiger partial charge in [0, 0.05) is 37.9 Å². The summed E-state index contributed by atoms with van der Waals surface area (Å²) < 4.78 is 19.3. The van der Waals surface area contributed by atoms with E-state index in [1.807, 2.05) is 70.1 Å². The van der Waals surface area contributed by atoms with Gasteiger partial charge in [0.05, 0.1) is 30.3 Å². The van der Waals surface area contributed by atoms with Crippen LogP contribution in [0.3, 0.4) is 0 Å². The number of morpholine rings is 1. The lowest BCUT2D eigenvalue weighted by Crippen LogP contribution is -2.40. The van der Waals surface area contributed by atoms with Crippen LogP contribution in [-0.2, 0) is 25.3 Å². The normalized spacial score (nSPS) is 13.7. The lowest BCUT2D eigenvalue weighted by molar-refractivity contribution is -0.129. The van der Waals surface area contributed by atoms with Crippen molar-refractivity contribution in [3.8, 4) is 11.3 Å². The average molecular weight is 522 g/mol. The van der Waals surface area contributed by atoms with Gasteiger partial charge in [-0.2, -0.15) is 0 Å². The predicted octanol–water partition coefficient (Wildman–Crippen LogP) is 1.95. The molecule has 1 atom stereocenters. The minimum Gasteiger partial charge on any atom is -0.378 e. The van der Waals surface area contributed by atoms with Gasteiger partial charge in [0.1, 0.15) is 11.0 Å². The third-order valence-corrected chi connectivity index (χ3v) is 6.35. The third-order valence-electron chi connectivity index (χ3n) is 4.92. The van der Waals surface area contributed by atoms with Crippen molar-refractivity contribution in [2.24, 2.45) is 0 Å². The number of likely N-dealkylation sites (N-methyl/N-ethyl adjacent to an activating group) is 1. The number of hydroxylamine groups is 1. The molecule has 3 rings (SSSR count). The van der Waals surface area contributed by atoms with Crippen molar-refractivity contribution < 1.29 is 23.7 Å². The molecule has 0 bridgehead atoms. The van der Waals surface area contributed by atoms with E-state index in [-0.39, 0.29) is 6.54 Å². The molecule has 1 fully saturated rings. The molecule has 1 aliphatic rings. The Labute approximate surface area is 216 Å². The number of rotatable bonds is 9. The van der Waals surface area contributed by atoms with Crippen molar-refractivity contribution in [2.75, 3.05) is 60.0 Å². The highest BCUT2D eigenvalue weighted by molar-refractivity contribution is 7.82. The number of aryl methyl sites for hydroxylation is 1. The van der Waals surface area contributed by atoms with Crippen LogP contribution in [0.5, 0.6) is 0 Å². The number of hydrogen-bond donors (Lipinski definition) is 2. The minimum absolute atomic E-state index is 0.170. The quantitative estimate of drug-likeness (QED) is 0.294. The molecule has 36 heavy (non-hydrogen) atoms. The van der Waals surface area contributed by atoms with Crippen LogP contribution in [0.1, 0.15) is 19.4 Å². The molecule has 1 aromatic heterocycles. The van der Waals surface area contributed by atoms with E-state index in [9.17, 15) is 13.8 Å². The van der Waals surface area contributed by atoms with Crippen LogP contribution in [0.4, 0.5) is 0 Å². The summed E-state index contributed by atoms with van der Waals surface area (Å²) in [7, 11) is 2.23. The SMILES string of the molecule is CC.Cc1cccc(-c2ccc(S(=O)N(CCN(C)C)CC(=O)NO)cn2)c1.O=CN1CCOCC1. The molecule has 11 heteroatoms. The van der Waals surface area contributed by atoms with Crippen molar-refractivity contribution >= 4 is 23.3 Å². The standard InChI is InChI=1S/C18H24N4O3S.C5H9NO2.C2H6/c1-14-5-4-6-15(11-14)17-8-7-16(12-19-17)26(25)22(10-9-21(2)3)13-18(23)20-24;7-5-6-1-3-8-4-2-6;1-2/h4-8,11-12,24H,9-10,13H2,1-3H3,(H,20,23);5H,1-4H2;1-2H3. The maximum atomic E-state index is 12.8. The summed E-state index contributed by atoms with van der Waals surface area (Å²) in [5.41, 5.74) is 4.51. The van der Waals surface area contributed by atoms with Crippen molar-refractivity contribution in [1.82, 2.24) is 24.6 Å². The second kappa shape index (κ2) is 17.7. The number of pyridine rings is 1. The summed E-state index contributed by atoms with van der Waals surface area (Å²) >= 11 is 0. The van der Waals surface area contributed by atoms with Crippen molar-refractivity contribution in [2.45, 2.75) is 25.7 Å². The molecule has 2 N–H and O–H groups in total. The summed E-state index contributed by atoms with van der Waals surface area (Å²) in [6.07, 6.45) is 2.43. The molecule has 0 aliphatic carbocycles. The number of nitrogens with zero attached hydrogens (tertiary/aromatic N) is 4. The average Bonchev–Trinajstić information content (AvgIpc) is 2.92. The Balaban J connectivity index is 0.000000543. The van der Waals surface area contributed by atoms with E-state index < -0.39 is 16.9 Å². The second-order valence-electron chi connectivity index (χ2n) is 7.95. The predicted molar refractivity (Wildman–Crippen MR) is 141 cm³/mol. The summed E-state index contributed by atoms with van der Waals surface area (Å²) in [6.45, 7) is 9.77. The monoisotopic (exact) mass is 521 g/mol. The summed E-state index contributed by atoms with van der Waals surface area (Å²) in [5, 5.41) is 8.75. The highest BCUT2D eigenvalue weighted by Gasteiger charge is 2.19. The van der Waals surface area contributed by atoms with Gasteiger partial charge in [0.15, 0.2) is 0 Å². The number of ether oxygens (including phenoxy) is 1. The molecule has 200 valence electrons. The lowest BCUT2D eigenvalue weighted by atomic mass is 10.1. The first-order valence-corrected chi connectivity index (χ1v) is 13.0. The van der Waals surface area contributed by atoms with Crippen molar-refractivity contribution in [3.05, 3.63) is 48.2 Å². The van der Waals surface area contributed by atoms with E-state index in [1.165, 1.54) is 4.31 Å². The minimum atomic E-state index is -1.56. The van der Waals surface area contributed by atoms with Crippen LogP contribution in [0.15, 0.2) is 47.5 Å². The first kappa shape index (κ1) is 31.3. The number of benzene rings is 1. The second-order valence-corrected chi connectivity index (χ2v) is 9.44. The van der Waals surface area contributed by atoms with E-state index in [0.717, 1.165) is 36.3 Å². The zero-order valence-corrected chi connectivity index (χ0v) is 22.7. The fourth-order valence-corrected chi connectivity index (χ4v) is 4.13. The lowest BCUT2D eigenvalue weighted by Gasteiger charge is -2.22. The molecule has 1 unspecified atom stereocenters. The fraction of sp³-hybridized carbons (Fsp3) is 0.480. The maximum Gasteiger partial charge on any atom is 0.258 e. The van der Waals surface area contributed by atoms with Gasteiger partial charge in [-0.05, 0) is 39.2 Å². The van der Waals surface area contributed by atoms with Crippen LogP contribution in [0, 0.1) is 6.92 Å². The maximum absolute atomic E-state index is 12.8. The zero-order valence-electron chi connectivity index (χ0n) is 21.8. The first-order chi connectivity index (χ1) is 17.3. The molecular weight excluding hydrogens is 482 g/mol. The highest BCUT2D eigenvalue weighted by atomic mass is 32.2. The Morgan fingerprint density at radius 1 is 1.19 bits per heavy atom. The highest BCUT2D eigenvalue weighted by Crippen LogP contribution is 2.20. The summed E-state index contributed by atoms with van der Waals surface area (Å²) in [4.78, 5) is 30.1. The number of carbonyl (C=O) groups excluding carboxylic acids is 2. The van der Waals surface area contributed by atoms with E-state index in [2.05, 4.69) is 4.98 Å². The van der Waals surface area contributed by atoms with Gasteiger partial charge in [-0.1, -0.05) is 37.6 Å². The topological polar surface area (TPSA) is 115 Å². The molecular formula is C25H39N5O5S. The zero-order chi connectivity index (χ0) is 26.9. The molecule has 2 amide bonds. The molecule has 0 spiro atoms. The van der Waals surface area contributed by atoms with E-state index >= 15 is 0 Å². The van der Waals surface area contributed by atoms with Crippen LogP contribution in [-0.4, -0.2) is 101 Å². The Morgan fingerprint density at radius 3 is 2.39 bits per heavy atom. The van der Waals surface area contributed by atoms with Gasteiger partial charge < -0.3 is 14.5 Å². The van der Waals surface area contributed by atoms with Crippen LogP contribution in [0.25, 0.3) is 11.3 Å². The Hall–Kier alpha value is -2.70.